The van der Waals surface area contributed by atoms with Crippen LogP contribution in [0.25, 0.3) is 5.69 Å². The van der Waals surface area contributed by atoms with Crippen LogP contribution in [0.5, 0.6) is 11.6 Å². The summed E-state index contributed by atoms with van der Waals surface area (Å²) in [4.78, 5) is 13.1. The molecule has 2 aromatic heterocycles. The van der Waals surface area contributed by atoms with Crippen molar-refractivity contribution in [3.63, 3.8) is 0 Å². The number of benzene rings is 1. The molecule has 0 unspecified atom stereocenters. The normalized spacial score (nSPS) is 10.7. The third-order valence-corrected chi connectivity index (χ3v) is 3.68. The molecule has 0 radical (unpaired) electrons. The van der Waals surface area contributed by atoms with Crippen LogP contribution in [0, 0.1) is 13.8 Å². The molecule has 0 aliphatic carbocycles. The Morgan fingerprint density at radius 1 is 1.00 bits per heavy atom. The first-order chi connectivity index (χ1) is 11.6. The average Bonchev–Trinajstić information content (AvgIpc) is 3.00. The largest absolute Gasteiger partial charge is 0.495 e. The summed E-state index contributed by atoms with van der Waals surface area (Å²) in [7, 11) is 3.27. The third kappa shape index (κ3) is 3.37. The molecule has 0 aliphatic heterocycles. The molecule has 2 heterocycles. The van der Waals surface area contributed by atoms with Crippen LogP contribution in [0.2, 0.25) is 0 Å². The van der Waals surface area contributed by atoms with Gasteiger partial charge in [-0.1, -0.05) is 6.07 Å². The number of rotatable bonds is 5. The third-order valence-electron chi connectivity index (χ3n) is 3.68. The molecule has 3 aromatic rings. The van der Waals surface area contributed by atoms with Crippen molar-refractivity contribution in [2.75, 3.05) is 14.2 Å². The standard InChI is InChI=1S/C18H20N4O2/c1-12-7-18(24-4)21-17(20-12)9-14-5-6-15(16(8-14)23-3)22-10-13(2)19-11-22/h5-8,10-11H,9H2,1-4H3. The molecule has 0 aliphatic rings. The van der Waals surface area contributed by atoms with Gasteiger partial charge in [0, 0.05) is 24.4 Å². The van der Waals surface area contributed by atoms with E-state index in [0.29, 0.717) is 12.3 Å². The van der Waals surface area contributed by atoms with Crippen molar-refractivity contribution in [3.8, 4) is 17.3 Å². The molecule has 0 bridgehead atoms. The second-order valence-electron chi connectivity index (χ2n) is 5.57. The zero-order valence-electron chi connectivity index (χ0n) is 14.3. The van der Waals surface area contributed by atoms with Crippen LogP contribution in [0.1, 0.15) is 22.8 Å². The van der Waals surface area contributed by atoms with Gasteiger partial charge in [0.15, 0.2) is 0 Å². The van der Waals surface area contributed by atoms with Gasteiger partial charge in [0.05, 0.1) is 31.9 Å². The number of aromatic nitrogens is 4. The van der Waals surface area contributed by atoms with Crippen molar-refractivity contribution in [1.29, 1.82) is 0 Å². The molecule has 0 amide bonds. The van der Waals surface area contributed by atoms with Crippen LogP contribution < -0.4 is 9.47 Å². The van der Waals surface area contributed by atoms with E-state index in [9.17, 15) is 0 Å². The van der Waals surface area contributed by atoms with E-state index in [2.05, 4.69) is 15.0 Å². The topological polar surface area (TPSA) is 62.1 Å². The minimum atomic E-state index is 0.579. The zero-order valence-corrected chi connectivity index (χ0v) is 14.3. The summed E-state index contributed by atoms with van der Waals surface area (Å²) in [6.45, 7) is 3.89. The van der Waals surface area contributed by atoms with Gasteiger partial charge in [-0.2, -0.15) is 4.98 Å². The Labute approximate surface area is 141 Å². The number of hydrogen-bond donors (Lipinski definition) is 0. The van der Waals surface area contributed by atoms with Crippen LogP contribution in [-0.2, 0) is 6.42 Å². The summed E-state index contributed by atoms with van der Waals surface area (Å²) in [5.74, 6) is 2.08. The van der Waals surface area contributed by atoms with E-state index >= 15 is 0 Å². The Morgan fingerprint density at radius 3 is 2.50 bits per heavy atom. The molecule has 124 valence electrons. The maximum atomic E-state index is 5.54. The second kappa shape index (κ2) is 6.70. The Kier molecular flexibility index (Phi) is 4.46. The summed E-state index contributed by atoms with van der Waals surface area (Å²) in [5.41, 5.74) is 3.86. The lowest BCUT2D eigenvalue weighted by Crippen LogP contribution is -2.02. The minimum absolute atomic E-state index is 0.579. The first-order valence-electron chi connectivity index (χ1n) is 7.65. The first kappa shape index (κ1) is 16.0. The summed E-state index contributed by atoms with van der Waals surface area (Å²) >= 11 is 0. The fourth-order valence-corrected chi connectivity index (χ4v) is 2.56. The summed E-state index contributed by atoms with van der Waals surface area (Å²) < 4.78 is 12.7. The molecule has 24 heavy (non-hydrogen) atoms. The van der Waals surface area contributed by atoms with E-state index in [4.69, 9.17) is 9.47 Å². The van der Waals surface area contributed by atoms with Gasteiger partial charge in [-0.15, -0.1) is 0 Å². The van der Waals surface area contributed by atoms with Crippen molar-refractivity contribution in [2.45, 2.75) is 20.3 Å². The highest BCUT2D eigenvalue weighted by Gasteiger charge is 2.09. The number of imidazole rings is 1. The fourth-order valence-electron chi connectivity index (χ4n) is 2.56. The van der Waals surface area contributed by atoms with Crippen LogP contribution in [0.15, 0.2) is 36.8 Å². The van der Waals surface area contributed by atoms with Crippen molar-refractivity contribution >= 4 is 0 Å². The molecule has 0 N–H and O–H groups in total. The molecular weight excluding hydrogens is 304 g/mol. The molecule has 0 saturated heterocycles. The Morgan fingerprint density at radius 2 is 1.83 bits per heavy atom. The molecule has 1 aromatic carbocycles. The monoisotopic (exact) mass is 324 g/mol. The molecule has 3 rings (SSSR count). The van der Waals surface area contributed by atoms with Gasteiger partial charge in [0.1, 0.15) is 11.6 Å². The van der Waals surface area contributed by atoms with E-state index < -0.39 is 0 Å². The maximum absolute atomic E-state index is 5.54. The Balaban J connectivity index is 1.91. The highest BCUT2D eigenvalue weighted by Crippen LogP contribution is 2.25. The van der Waals surface area contributed by atoms with Crippen LogP contribution in [-0.4, -0.2) is 33.7 Å². The van der Waals surface area contributed by atoms with Crippen molar-refractivity contribution in [1.82, 2.24) is 19.5 Å². The first-order valence-corrected chi connectivity index (χ1v) is 7.65. The van der Waals surface area contributed by atoms with Gasteiger partial charge in [0.25, 0.3) is 0 Å². The Hall–Kier alpha value is -2.89. The van der Waals surface area contributed by atoms with Gasteiger partial charge in [-0.05, 0) is 31.5 Å². The number of aryl methyl sites for hydroxylation is 2. The van der Waals surface area contributed by atoms with Gasteiger partial charge in [-0.25, -0.2) is 9.97 Å². The number of hydrogen-bond acceptors (Lipinski definition) is 5. The highest BCUT2D eigenvalue weighted by molar-refractivity contribution is 5.49. The Bertz CT molecular complexity index is 858. The van der Waals surface area contributed by atoms with E-state index in [0.717, 1.165) is 34.2 Å². The average molecular weight is 324 g/mol. The van der Waals surface area contributed by atoms with Crippen molar-refractivity contribution < 1.29 is 9.47 Å². The van der Waals surface area contributed by atoms with Crippen molar-refractivity contribution in [2.24, 2.45) is 0 Å². The molecular formula is C18H20N4O2. The quantitative estimate of drug-likeness (QED) is 0.722. The van der Waals surface area contributed by atoms with E-state index in [1.165, 1.54) is 0 Å². The lowest BCUT2D eigenvalue weighted by Gasteiger charge is -2.11. The van der Waals surface area contributed by atoms with E-state index in [1.54, 1.807) is 20.5 Å². The fraction of sp³-hybridized carbons (Fsp3) is 0.278. The van der Waals surface area contributed by atoms with Gasteiger partial charge in [-0.3, -0.25) is 0 Å². The van der Waals surface area contributed by atoms with E-state index in [1.807, 2.05) is 48.9 Å². The van der Waals surface area contributed by atoms with Crippen LogP contribution in [0.4, 0.5) is 0 Å². The molecule has 0 saturated carbocycles. The van der Waals surface area contributed by atoms with E-state index in [-0.39, 0.29) is 0 Å². The lowest BCUT2D eigenvalue weighted by atomic mass is 10.1. The van der Waals surface area contributed by atoms with Gasteiger partial charge < -0.3 is 14.0 Å². The summed E-state index contributed by atoms with van der Waals surface area (Å²) in [6, 6.07) is 7.88. The zero-order chi connectivity index (χ0) is 17.1. The molecule has 0 spiro atoms. The minimum Gasteiger partial charge on any atom is -0.495 e. The second-order valence-corrected chi connectivity index (χ2v) is 5.57. The van der Waals surface area contributed by atoms with Crippen molar-refractivity contribution in [3.05, 3.63) is 59.6 Å². The summed E-state index contributed by atoms with van der Waals surface area (Å²) in [6.07, 6.45) is 4.35. The summed E-state index contributed by atoms with van der Waals surface area (Å²) in [5, 5.41) is 0. The molecule has 6 nitrogen and oxygen atoms in total. The predicted molar refractivity (Wildman–Crippen MR) is 91.0 cm³/mol. The number of methoxy groups -OCH3 is 2. The maximum Gasteiger partial charge on any atom is 0.216 e. The predicted octanol–water partition coefficient (Wildman–Crippen LogP) is 2.89. The van der Waals surface area contributed by atoms with Gasteiger partial charge >= 0.3 is 0 Å². The SMILES string of the molecule is COc1cc(C)nc(Cc2ccc(-n3cnc(C)c3)c(OC)c2)n1. The van der Waals surface area contributed by atoms with Gasteiger partial charge in [0.2, 0.25) is 5.88 Å². The highest BCUT2D eigenvalue weighted by atomic mass is 16.5. The number of nitrogens with zero attached hydrogens (tertiary/aromatic N) is 4. The van der Waals surface area contributed by atoms with Crippen LogP contribution >= 0.6 is 0 Å². The molecule has 0 atom stereocenters. The molecule has 0 fully saturated rings. The smallest absolute Gasteiger partial charge is 0.216 e. The number of ether oxygens (including phenoxy) is 2. The van der Waals surface area contributed by atoms with Crippen LogP contribution in [0.3, 0.4) is 0 Å². The lowest BCUT2D eigenvalue weighted by molar-refractivity contribution is 0.394. The molecule has 6 heteroatoms.